The highest BCUT2D eigenvalue weighted by Gasteiger charge is 2.21. The van der Waals surface area contributed by atoms with Gasteiger partial charge in [0.1, 0.15) is 5.82 Å². The van der Waals surface area contributed by atoms with Crippen molar-refractivity contribution in [3.8, 4) is 11.4 Å². The topological polar surface area (TPSA) is 56.7 Å². The van der Waals surface area contributed by atoms with Crippen LogP contribution in [-0.4, -0.2) is 20.8 Å². The molecule has 0 saturated carbocycles. The first-order valence-corrected chi connectivity index (χ1v) is 6.93. The number of aromatic nitrogens is 3. The molecule has 0 aliphatic carbocycles. The fourth-order valence-corrected chi connectivity index (χ4v) is 2.58. The molecule has 19 heavy (non-hydrogen) atoms. The highest BCUT2D eigenvalue weighted by molar-refractivity contribution is 5.56. The van der Waals surface area contributed by atoms with Crippen molar-refractivity contribution in [2.75, 3.05) is 0 Å². The zero-order valence-corrected chi connectivity index (χ0v) is 11.5. The van der Waals surface area contributed by atoms with E-state index in [-0.39, 0.29) is 6.04 Å². The number of fused-ring (bicyclic) bond motifs is 1. The number of benzene rings is 1. The average Bonchev–Trinajstić information content (AvgIpc) is 2.81. The van der Waals surface area contributed by atoms with Crippen molar-refractivity contribution in [1.82, 2.24) is 14.8 Å². The average molecular weight is 256 g/mol. The molecule has 0 fully saturated rings. The van der Waals surface area contributed by atoms with Crippen LogP contribution in [0.4, 0.5) is 0 Å². The van der Waals surface area contributed by atoms with Gasteiger partial charge in [0, 0.05) is 24.6 Å². The normalized spacial score (nSPS) is 18.6. The standard InChI is InChI=1S/C15H20N4/c1-10(2)11-3-5-12(6-4-11)15-18-17-14-8-7-13(16)9-19(14)15/h3-6,10,13H,7-9,16H2,1-2H3. The summed E-state index contributed by atoms with van der Waals surface area (Å²) in [5.74, 6) is 2.56. The number of nitrogens with two attached hydrogens (primary N) is 1. The second kappa shape index (κ2) is 4.78. The van der Waals surface area contributed by atoms with E-state index in [4.69, 9.17) is 5.73 Å². The molecule has 2 aromatic rings. The van der Waals surface area contributed by atoms with Crippen molar-refractivity contribution >= 4 is 0 Å². The third kappa shape index (κ3) is 2.28. The van der Waals surface area contributed by atoms with Gasteiger partial charge in [-0.15, -0.1) is 10.2 Å². The lowest BCUT2D eigenvalue weighted by Gasteiger charge is -2.20. The minimum Gasteiger partial charge on any atom is -0.326 e. The minimum atomic E-state index is 0.220. The fourth-order valence-electron chi connectivity index (χ4n) is 2.58. The first-order chi connectivity index (χ1) is 9.15. The van der Waals surface area contributed by atoms with Gasteiger partial charge >= 0.3 is 0 Å². The molecule has 0 radical (unpaired) electrons. The third-order valence-electron chi connectivity index (χ3n) is 3.82. The van der Waals surface area contributed by atoms with E-state index in [1.165, 1.54) is 5.56 Å². The summed E-state index contributed by atoms with van der Waals surface area (Å²) in [7, 11) is 0. The van der Waals surface area contributed by atoms with Crippen LogP contribution in [0.2, 0.25) is 0 Å². The zero-order chi connectivity index (χ0) is 13.4. The van der Waals surface area contributed by atoms with Crippen molar-refractivity contribution in [1.29, 1.82) is 0 Å². The lowest BCUT2D eigenvalue weighted by molar-refractivity contribution is 0.456. The first-order valence-electron chi connectivity index (χ1n) is 6.93. The van der Waals surface area contributed by atoms with E-state index < -0.39 is 0 Å². The van der Waals surface area contributed by atoms with Crippen molar-refractivity contribution in [2.24, 2.45) is 5.73 Å². The van der Waals surface area contributed by atoms with Crippen molar-refractivity contribution in [2.45, 2.75) is 45.2 Å². The van der Waals surface area contributed by atoms with Gasteiger partial charge in [0.2, 0.25) is 0 Å². The van der Waals surface area contributed by atoms with Crippen LogP contribution >= 0.6 is 0 Å². The van der Waals surface area contributed by atoms with Crippen molar-refractivity contribution < 1.29 is 0 Å². The van der Waals surface area contributed by atoms with Gasteiger partial charge in [-0.05, 0) is 17.9 Å². The van der Waals surface area contributed by atoms with E-state index in [0.29, 0.717) is 5.92 Å². The Morgan fingerprint density at radius 3 is 2.63 bits per heavy atom. The summed E-state index contributed by atoms with van der Waals surface area (Å²) in [5.41, 5.74) is 8.51. The third-order valence-corrected chi connectivity index (χ3v) is 3.82. The van der Waals surface area contributed by atoms with Crippen LogP contribution in [0.3, 0.4) is 0 Å². The molecule has 4 heteroatoms. The minimum absolute atomic E-state index is 0.220. The summed E-state index contributed by atoms with van der Waals surface area (Å²) in [6, 6.07) is 8.83. The maximum atomic E-state index is 6.04. The highest BCUT2D eigenvalue weighted by Crippen LogP contribution is 2.24. The maximum Gasteiger partial charge on any atom is 0.164 e. The molecule has 2 heterocycles. The lowest BCUT2D eigenvalue weighted by atomic mass is 10.0. The summed E-state index contributed by atoms with van der Waals surface area (Å²) < 4.78 is 2.17. The molecule has 3 rings (SSSR count). The van der Waals surface area contributed by atoms with Crippen LogP contribution in [0, 0.1) is 0 Å². The van der Waals surface area contributed by atoms with E-state index in [9.17, 15) is 0 Å². The first kappa shape index (κ1) is 12.4. The predicted octanol–water partition coefficient (Wildman–Crippen LogP) is 2.34. The summed E-state index contributed by atoms with van der Waals surface area (Å²) in [4.78, 5) is 0. The summed E-state index contributed by atoms with van der Waals surface area (Å²) >= 11 is 0. The molecular formula is C15H20N4. The molecule has 0 spiro atoms. The van der Waals surface area contributed by atoms with E-state index in [2.05, 4.69) is 52.9 Å². The van der Waals surface area contributed by atoms with E-state index >= 15 is 0 Å². The van der Waals surface area contributed by atoms with Gasteiger partial charge in [-0.2, -0.15) is 0 Å². The van der Waals surface area contributed by atoms with Crippen LogP contribution in [0.25, 0.3) is 11.4 Å². The Labute approximate surface area is 113 Å². The number of rotatable bonds is 2. The molecule has 4 nitrogen and oxygen atoms in total. The molecule has 0 amide bonds. The molecule has 1 atom stereocenters. The second-order valence-electron chi connectivity index (χ2n) is 5.63. The number of hydrogen-bond acceptors (Lipinski definition) is 3. The molecule has 0 saturated heterocycles. The van der Waals surface area contributed by atoms with Gasteiger partial charge in [-0.3, -0.25) is 0 Å². The van der Waals surface area contributed by atoms with Gasteiger partial charge < -0.3 is 10.3 Å². The Bertz CT molecular complexity index is 568. The highest BCUT2D eigenvalue weighted by atomic mass is 15.3. The van der Waals surface area contributed by atoms with Crippen LogP contribution < -0.4 is 5.73 Å². The molecular weight excluding hydrogens is 236 g/mol. The molecule has 1 aromatic carbocycles. The smallest absolute Gasteiger partial charge is 0.164 e. The van der Waals surface area contributed by atoms with Gasteiger partial charge in [0.15, 0.2) is 5.82 Å². The summed E-state index contributed by atoms with van der Waals surface area (Å²) in [5, 5.41) is 8.62. The lowest BCUT2D eigenvalue weighted by Crippen LogP contribution is -2.32. The molecule has 100 valence electrons. The van der Waals surface area contributed by atoms with Gasteiger partial charge in [0.05, 0.1) is 0 Å². The zero-order valence-electron chi connectivity index (χ0n) is 11.5. The van der Waals surface area contributed by atoms with E-state index in [1.807, 2.05) is 0 Å². The fraction of sp³-hybridized carbons (Fsp3) is 0.467. The second-order valence-corrected chi connectivity index (χ2v) is 5.63. The summed E-state index contributed by atoms with van der Waals surface area (Å²) in [6.45, 7) is 5.23. The van der Waals surface area contributed by atoms with Crippen LogP contribution in [0.15, 0.2) is 24.3 Å². The monoisotopic (exact) mass is 256 g/mol. The number of aryl methyl sites for hydroxylation is 1. The molecule has 0 bridgehead atoms. The maximum absolute atomic E-state index is 6.04. The Balaban J connectivity index is 1.96. The van der Waals surface area contributed by atoms with Gasteiger partial charge in [-0.1, -0.05) is 38.1 Å². The van der Waals surface area contributed by atoms with E-state index in [1.54, 1.807) is 0 Å². The van der Waals surface area contributed by atoms with Crippen LogP contribution in [0.1, 0.15) is 37.6 Å². The summed E-state index contributed by atoms with van der Waals surface area (Å²) in [6.07, 6.45) is 1.93. The molecule has 1 unspecified atom stereocenters. The Kier molecular flexibility index (Phi) is 3.11. The largest absolute Gasteiger partial charge is 0.326 e. The van der Waals surface area contributed by atoms with Gasteiger partial charge in [-0.25, -0.2) is 0 Å². The van der Waals surface area contributed by atoms with Gasteiger partial charge in [0.25, 0.3) is 0 Å². The van der Waals surface area contributed by atoms with E-state index in [0.717, 1.165) is 36.6 Å². The Morgan fingerprint density at radius 2 is 1.95 bits per heavy atom. The Morgan fingerprint density at radius 1 is 1.21 bits per heavy atom. The van der Waals surface area contributed by atoms with Crippen molar-refractivity contribution in [3.63, 3.8) is 0 Å². The molecule has 1 aliphatic heterocycles. The van der Waals surface area contributed by atoms with Crippen molar-refractivity contribution in [3.05, 3.63) is 35.7 Å². The molecule has 1 aromatic heterocycles. The van der Waals surface area contributed by atoms with Crippen LogP contribution in [0.5, 0.6) is 0 Å². The van der Waals surface area contributed by atoms with Crippen LogP contribution in [-0.2, 0) is 13.0 Å². The number of nitrogens with zero attached hydrogens (tertiary/aromatic N) is 3. The SMILES string of the molecule is CC(C)c1ccc(-c2nnc3n2CC(N)CC3)cc1. The Hall–Kier alpha value is -1.68. The predicted molar refractivity (Wildman–Crippen MR) is 75.8 cm³/mol. The molecule has 2 N–H and O–H groups in total. The number of hydrogen-bond donors (Lipinski definition) is 1. The molecule has 1 aliphatic rings. The quantitative estimate of drug-likeness (QED) is 0.897.